The second kappa shape index (κ2) is 4.28. The third kappa shape index (κ3) is 2.14. The van der Waals surface area contributed by atoms with Crippen molar-refractivity contribution in [2.24, 2.45) is 5.92 Å². The normalized spacial score (nSPS) is 17.1. The van der Waals surface area contributed by atoms with Crippen LogP contribution in [0.5, 0.6) is 0 Å². The molecule has 74 valence electrons. The van der Waals surface area contributed by atoms with E-state index in [2.05, 4.69) is 11.2 Å². The number of hydrogen-bond acceptors (Lipinski definition) is 2. The van der Waals surface area contributed by atoms with Crippen molar-refractivity contribution in [1.29, 1.82) is 5.26 Å². The van der Waals surface area contributed by atoms with Crippen molar-refractivity contribution in [3.63, 3.8) is 0 Å². The molecule has 0 amide bonds. The fourth-order valence-corrected chi connectivity index (χ4v) is 2.16. The van der Waals surface area contributed by atoms with E-state index >= 15 is 0 Å². The molecule has 2 rings (SSSR count). The molecular formula is C11H15N3. The molecule has 0 bridgehead atoms. The van der Waals surface area contributed by atoms with Crippen molar-refractivity contribution in [1.82, 2.24) is 9.78 Å². The number of nitrogens with zero attached hydrogens (tertiary/aromatic N) is 3. The quantitative estimate of drug-likeness (QED) is 0.732. The summed E-state index contributed by atoms with van der Waals surface area (Å²) in [7, 11) is 0. The van der Waals surface area contributed by atoms with E-state index in [9.17, 15) is 0 Å². The summed E-state index contributed by atoms with van der Waals surface area (Å²) in [6.45, 7) is 0.965. The maximum absolute atomic E-state index is 8.63. The zero-order valence-electron chi connectivity index (χ0n) is 8.32. The fourth-order valence-electron chi connectivity index (χ4n) is 2.16. The number of nitriles is 1. The predicted octanol–water partition coefficient (Wildman–Crippen LogP) is 2.34. The van der Waals surface area contributed by atoms with Gasteiger partial charge in [0.25, 0.3) is 0 Å². The van der Waals surface area contributed by atoms with Gasteiger partial charge in [0.15, 0.2) is 0 Å². The fraction of sp³-hybridized carbons (Fsp3) is 0.636. The molecule has 3 nitrogen and oxygen atoms in total. The molecule has 0 radical (unpaired) electrons. The molecule has 3 heteroatoms. The summed E-state index contributed by atoms with van der Waals surface area (Å²) in [4.78, 5) is 0. The topological polar surface area (TPSA) is 41.6 Å². The first-order valence-corrected chi connectivity index (χ1v) is 5.31. The van der Waals surface area contributed by atoms with Crippen LogP contribution in [0.15, 0.2) is 12.4 Å². The molecule has 0 aromatic carbocycles. The lowest BCUT2D eigenvalue weighted by molar-refractivity contribution is 0.439. The minimum Gasteiger partial charge on any atom is -0.271 e. The lowest BCUT2D eigenvalue weighted by Crippen LogP contribution is -2.03. The highest BCUT2D eigenvalue weighted by atomic mass is 15.3. The SMILES string of the molecule is N#Cc1cnn(CCC2CCCC2)c1. The lowest BCUT2D eigenvalue weighted by Gasteiger charge is -2.07. The third-order valence-corrected chi connectivity index (χ3v) is 3.00. The Hall–Kier alpha value is -1.30. The zero-order chi connectivity index (χ0) is 9.80. The van der Waals surface area contributed by atoms with Crippen molar-refractivity contribution in [2.45, 2.75) is 38.6 Å². The first kappa shape index (κ1) is 9.26. The molecule has 0 spiro atoms. The van der Waals surface area contributed by atoms with Crippen molar-refractivity contribution in [2.75, 3.05) is 0 Å². The molecule has 0 saturated heterocycles. The molecule has 0 N–H and O–H groups in total. The average molecular weight is 189 g/mol. The molecule has 1 aromatic heterocycles. The van der Waals surface area contributed by atoms with Crippen LogP contribution in [0.3, 0.4) is 0 Å². The van der Waals surface area contributed by atoms with Crippen LogP contribution >= 0.6 is 0 Å². The second-order valence-electron chi connectivity index (χ2n) is 4.04. The molecule has 1 aromatic rings. The lowest BCUT2D eigenvalue weighted by atomic mass is 10.0. The standard InChI is InChI=1S/C11H15N3/c12-7-11-8-13-14(9-11)6-5-10-3-1-2-4-10/h8-10H,1-6H2. The maximum atomic E-state index is 8.63. The van der Waals surface area contributed by atoms with Gasteiger partial charge in [-0.05, 0) is 12.3 Å². The van der Waals surface area contributed by atoms with Gasteiger partial charge in [0.2, 0.25) is 0 Å². The average Bonchev–Trinajstić information content (AvgIpc) is 2.86. The highest BCUT2D eigenvalue weighted by molar-refractivity contribution is 5.21. The Morgan fingerprint density at radius 1 is 1.50 bits per heavy atom. The molecule has 0 unspecified atom stereocenters. The molecule has 1 aliphatic rings. The van der Waals surface area contributed by atoms with Crippen molar-refractivity contribution < 1.29 is 0 Å². The van der Waals surface area contributed by atoms with Crippen molar-refractivity contribution in [3.8, 4) is 6.07 Å². The summed E-state index contributed by atoms with van der Waals surface area (Å²) >= 11 is 0. The highest BCUT2D eigenvalue weighted by Crippen LogP contribution is 2.27. The molecule has 1 heterocycles. The predicted molar refractivity (Wildman–Crippen MR) is 53.5 cm³/mol. The Morgan fingerprint density at radius 2 is 2.29 bits per heavy atom. The Morgan fingerprint density at radius 3 is 2.93 bits per heavy atom. The van der Waals surface area contributed by atoms with E-state index in [1.165, 1.54) is 32.1 Å². The van der Waals surface area contributed by atoms with Crippen molar-refractivity contribution >= 4 is 0 Å². The van der Waals surface area contributed by atoms with E-state index in [1.807, 2.05) is 10.9 Å². The van der Waals surface area contributed by atoms with Gasteiger partial charge in [-0.3, -0.25) is 4.68 Å². The van der Waals surface area contributed by atoms with Crippen LogP contribution in [-0.2, 0) is 6.54 Å². The van der Waals surface area contributed by atoms with Gasteiger partial charge in [0.05, 0.1) is 11.8 Å². The van der Waals surface area contributed by atoms with Gasteiger partial charge in [-0.2, -0.15) is 10.4 Å². The molecule has 0 atom stereocenters. The Balaban J connectivity index is 1.82. The Bertz CT molecular complexity index is 329. The molecule has 1 fully saturated rings. The monoisotopic (exact) mass is 189 g/mol. The summed E-state index contributed by atoms with van der Waals surface area (Å²) in [6, 6.07) is 2.09. The van der Waals surface area contributed by atoms with Crippen LogP contribution in [0.4, 0.5) is 0 Å². The summed E-state index contributed by atoms with van der Waals surface area (Å²) in [5.74, 6) is 0.893. The van der Waals surface area contributed by atoms with E-state index in [0.29, 0.717) is 5.56 Å². The summed E-state index contributed by atoms with van der Waals surface area (Å²) in [5, 5.41) is 12.8. The summed E-state index contributed by atoms with van der Waals surface area (Å²) in [6.07, 6.45) is 10.2. The number of hydrogen-bond donors (Lipinski definition) is 0. The van der Waals surface area contributed by atoms with Gasteiger partial charge in [-0.15, -0.1) is 0 Å². The van der Waals surface area contributed by atoms with E-state index in [-0.39, 0.29) is 0 Å². The highest BCUT2D eigenvalue weighted by Gasteiger charge is 2.14. The van der Waals surface area contributed by atoms with Crippen LogP contribution in [0.25, 0.3) is 0 Å². The summed E-state index contributed by atoms with van der Waals surface area (Å²) < 4.78 is 1.89. The van der Waals surface area contributed by atoms with Crippen LogP contribution in [-0.4, -0.2) is 9.78 Å². The molecular weight excluding hydrogens is 174 g/mol. The second-order valence-corrected chi connectivity index (χ2v) is 4.04. The number of aromatic nitrogens is 2. The minimum absolute atomic E-state index is 0.663. The maximum Gasteiger partial charge on any atom is 0.102 e. The van der Waals surface area contributed by atoms with Crippen molar-refractivity contribution in [3.05, 3.63) is 18.0 Å². The third-order valence-electron chi connectivity index (χ3n) is 3.00. The number of rotatable bonds is 3. The zero-order valence-corrected chi connectivity index (χ0v) is 8.32. The molecule has 0 aliphatic heterocycles. The van der Waals surface area contributed by atoms with E-state index in [0.717, 1.165) is 12.5 Å². The van der Waals surface area contributed by atoms with E-state index < -0.39 is 0 Å². The van der Waals surface area contributed by atoms with E-state index in [1.54, 1.807) is 6.20 Å². The van der Waals surface area contributed by atoms with Gasteiger partial charge in [-0.1, -0.05) is 25.7 Å². The van der Waals surface area contributed by atoms with Crippen LogP contribution in [0.2, 0.25) is 0 Å². The first-order chi connectivity index (χ1) is 6.88. The largest absolute Gasteiger partial charge is 0.271 e. The minimum atomic E-state index is 0.663. The molecule has 1 saturated carbocycles. The number of aryl methyl sites for hydroxylation is 1. The van der Waals surface area contributed by atoms with Gasteiger partial charge >= 0.3 is 0 Å². The van der Waals surface area contributed by atoms with Gasteiger partial charge in [-0.25, -0.2) is 0 Å². The van der Waals surface area contributed by atoms with Gasteiger partial charge < -0.3 is 0 Å². The molecule has 1 aliphatic carbocycles. The summed E-state index contributed by atoms with van der Waals surface area (Å²) in [5.41, 5.74) is 0.663. The van der Waals surface area contributed by atoms with Crippen LogP contribution in [0, 0.1) is 17.2 Å². The van der Waals surface area contributed by atoms with Gasteiger partial charge in [0.1, 0.15) is 6.07 Å². The Kier molecular flexibility index (Phi) is 2.83. The molecule has 14 heavy (non-hydrogen) atoms. The first-order valence-electron chi connectivity index (χ1n) is 5.31. The Labute approximate surface area is 84.3 Å². The van der Waals surface area contributed by atoms with Gasteiger partial charge in [0, 0.05) is 12.7 Å². The van der Waals surface area contributed by atoms with E-state index in [4.69, 9.17) is 5.26 Å². The van der Waals surface area contributed by atoms with Crippen LogP contribution in [0.1, 0.15) is 37.7 Å². The smallest absolute Gasteiger partial charge is 0.102 e. The van der Waals surface area contributed by atoms with Crippen LogP contribution < -0.4 is 0 Å².